The number of benzene rings is 1. The smallest absolute Gasteiger partial charge is 0.325 e. The SMILES string of the molecule is C[C@H](NC(=O)C(C)(C)NC(=O)Nc1ccccc1)C(=O)O. The van der Waals surface area contributed by atoms with Gasteiger partial charge in [-0.05, 0) is 32.9 Å². The first-order valence-corrected chi connectivity index (χ1v) is 6.40. The number of rotatable bonds is 5. The lowest BCUT2D eigenvalue weighted by atomic mass is 10.0. The van der Waals surface area contributed by atoms with Crippen LogP contribution in [-0.4, -0.2) is 34.6 Å². The number of amides is 3. The molecule has 0 aliphatic rings. The molecule has 0 heterocycles. The number of nitrogens with one attached hydrogen (secondary N) is 3. The third-order valence-electron chi connectivity index (χ3n) is 2.74. The van der Waals surface area contributed by atoms with Crippen molar-refractivity contribution in [2.75, 3.05) is 5.32 Å². The van der Waals surface area contributed by atoms with Crippen molar-refractivity contribution < 1.29 is 19.5 Å². The fraction of sp³-hybridized carbons (Fsp3) is 0.357. The summed E-state index contributed by atoms with van der Waals surface area (Å²) in [6.45, 7) is 4.32. The number of carboxylic acid groups (broad SMARTS) is 1. The average Bonchev–Trinajstić information content (AvgIpc) is 2.38. The van der Waals surface area contributed by atoms with Gasteiger partial charge in [-0.3, -0.25) is 9.59 Å². The molecule has 0 radical (unpaired) electrons. The minimum absolute atomic E-state index is 0.552. The van der Waals surface area contributed by atoms with Crippen LogP contribution < -0.4 is 16.0 Å². The van der Waals surface area contributed by atoms with Gasteiger partial charge >= 0.3 is 12.0 Å². The zero-order valence-electron chi connectivity index (χ0n) is 12.1. The highest BCUT2D eigenvalue weighted by molar-refractivity contribution is 5.96. The molecule has 21 heavy (non-hydrogen) atoms. The monoisotopic (exact) mass is 293 g/mol. The molecule has 7 nitrogen and oxygen atoms in total. The second-order valence-electron chi connectivity index (χ2n) is 5.10. The first kappa shape index (κ1) is 16.5. The molecular weight excluding hydrogens is 274 g/mol. The predicted octanol–water partition coefficient (Wildman–Crippen LogP) is 1.18. The number of carbonyl (C=O) groups is 3. The van der Waals surface area contributed by atoms with E-state index in [0.717, 1.165) is 0 Å². The topological polar surface area (TPSA) is 108 Å². The van der Waals surface area contributed by atoms with E-state index in [0.29, 0.717) is 5.69 Å². The molecule has 0 saturated heterocycles. The Labute approximate surface area is 122 Å². The number of hydrogen-bond donors (Lipinski definition) is 4. The Hall–Kier alpha value is -2.57. The van der Waals surface area contributed by atoms with E-state index >= 15 is 0 Å². The maximum atomic E-state index is 12.0. The lowest BCUT2D eigenvalue weighted by Gasteiger charge is -2.26. The van der Waals surface area contributed by atoms with Gasteiger partial charge < -0.3 is 21.1 Å². The summed E-state index contributed by atoms with van der Waals surface area (Å²) in [6, 6.07) is 7.18. The van der Waals surface area contributed by atoms with E-state index in [9.17, 15) is 14.4 Å². The summed E-state index contributed by atoms with van der Waals surface area (Å²) in [5, 5.41) is 16.1. The van der Waals surface area contributed by atoms with Gasteiger partial charge in [0.15, 0.2) is 0 Å². The molecule has 0 aliphatic heterocycles. The minimum Gasteiger partial charge on any atom is -0.480 e. The van der Waals surface area contributed by atoms with E-state index < -0.39 is 29.5 Å². The Morgan fingerprint density at radius 3 is 2.24 bits per heavy atom. The van der Waals surface area contributed by atoms with Gasteiger partial charge in [-0.25, -0.2) is 4.79 Å². The molecule has 0 aromatic heterocycles. The van der Waals surface area contributed by atoms with Crippen LogP contribution in [0.3, 0.4) is 0 Å². The number of aliphatic carboxylic acids is 1. The number of hydrogen-bond acceptors (Lipinski definition) is 3. The molecule has 0 unspecified atom stereocenters. The number of carboxylic acids is 1. The van der Waals surface area contributed by atoms with E-state index in [4.69, 9.17) is 5.11 Å². The number of para-hydroxylation sites is 1. The van der Waals surface area contributed by atoms with Crippen LogP contribution in [0, 0.1) is 0 Å². The molecule has 1 aromatic rings. The van der Waals surface area contributed by atoms with Crippen molar-refractivity contribution in [1.29, 1.82) is 0 Å². The maximum Gasteiger partial charge on any atom is 0.325 e. The third kappa shape index (κ3) is 5.13. The molecule has 0 spiro atoms. The number of carbonyl (C=O) groups excluding carboxylic acids is 2. The van der Waals surface area contributed by atoms with E-state index in [1.165, 1.54) is 20.8 Å². The van der Waals surface area contributed by atoms with Crippen LogP contribution in [0.25, 0.3) is 0 Å². The Morgan fingerprint density at radius 2 is 1.71 bits per heavy atom. The van der Waals surface area contributed by atoms with Crippen LogP contribution in [0.1, 0.15) is 20.8 Å². The van der Waals surface area contributed by atoms with Gasteiger partial charge in [0, 0.05) is 5.69 Å². The van der Waals surface area contributed by atoms with Gasteiger partial charge in [0.25, 0.3) is 0 Å². The molecule has 4 N–H and O–H groups in total. The first-order chi connectivity index (χ1) is 9.72. The van der Waals surface area contributed by atoms with Crippen molar-refractivity contribution in [2.45, 2.75) is 32.4 Å². The zero-order chi connectivity index (χ0) is 16.0. The van der Waals surface area contributed by atoms with Crippen molar-refractivity contribution in [3.63, 3.8) is 0 Å². The van der Waals surface area contributed by atoms with Gasteiger partial charge in [-0.15, -0.1) is 0 Å². The van der Waals surface area contributed by atoms with Gasteiger partial charge in [0.1, 0.15) is 11.6 Å². The molecule has 1 aromatic carbocycles. The zero-order valence-corrected chi connectivity index (χ0v) is 12.1. The van der Waals surface area contributed by atoms with Crippen LogP contribution >= 0.6 is 0 Å². The second-order valence-corrected chi connectivity index (χ2v) is 5.10. The quantitative estimate of drug-likeness (QED) is 0.653. The summed E-state index contributed by atoms with van der Waals surface area (Å²) in [5.41, 5.74) is -0.659. The highest BCUT2D eigenvalue weighted by Crippen LogP contribution is 2.07. The molecule has 114 valence electrons. The molecular formula is C14H19N3O4. The Kier molecular flexibility index (Phi) is 5.29. The fourth-order valence-corrected chi connectivity index (χ4v) is 1.46. The maximum absolute atomic E-state index is 12.0. The summed E-state index contributed by atoms with van der Waals surface area (Å²) in [6.07, 6.45) is 0. The van der Waals surface area contributed by atoms with Crippen LogP contribution in [0.15, 0.2) is 30.3 Å². The van der Waals surface area contributed by atoms with Crippen molar-refractivity contribution in [3.8, 4) is 0 Å². The summed E-state index contributed by atoms with van der Waals surface area (Å²) in [7, 11) is 0. The van der Waals surface area contributed by atoms with Crippen LogP contribution in [-0.2, 0) is 9.59 Å². The second kappa shape index (κ2) is 6.74. The van der Waals surface area contributed by atoms with Gasteiger partial charge in [0.2, 0.25) is 5.91 Å². The lowest BCUT2D eigenvalue weighted by molar-refractivity contribution is -0.142. The summed E-state index contributed by atoms with van der Waals surface area (Å²) < 4.78 is 0. The molecule has 0 fully saturated rings. The highest BCUT2D eigenvalue weighted by Gasteiger charge is 2.31. The predicted molar refractivity (Wildman–Crippen MR) is 77.9 cm³/mol. The van der Waals surface area contributed by atoms with Crippen molar-refractivity contribution in [1.82, 2.24) is 10.6 Å². The largest absolute Gasteiger partial charge is 0.480 e. The molecule has 0 aliphatic carbocycles. The van der Waals surface area contributed by atoms with Crippen molar-refractivity contribution >= 4 is 23.6 Å². The van der Waals surface area contributed by atoms with Crippen LogP contribution in [0.4, 0.5) is 10.5 Å². The summed E-state index contributed by atoms with van der Waals surface area (Å²) in [5.74, 6) is -1.73. The molecule has 3 amide bonds. The van der Waals surface area contributed by atoms with Gasteiger partial charge in [-0.2, -0.15) is 0 Å². The van der Waals surface area contributed by atoms with Crippen LogP contribution in [0.2, 0.25) is 0 Å². The van der Waals surface area contributed by atoms with Gasteiger partial charge in [0.05, 0.1) is 0 Å². The Morgan fingerprint density at radius 1 is 1.14 bits per heavy atom. The molecule has 1 atom stereocenters. The van der Waals surface area contributed by atoms with Crippen molar-refractivity contribution in [2.24, 2.45) is 0 Å². The van der Waals surface area contributed by atoms with Crippen molar-refractivity contribution in [3.05, 3.63) is 30.3 Å². The average molecular weight is 293 g/mol. The lowest BCUT2D eigenvalue weighted by Crippen LogP contribution is -2.58. The van der Waals surface area contributed by atoms with Gasteiger partial charge in [-0.1, -0.05) is 18.2 Å². The molecule has 7 heteroatoms. The van der Waals surface area contributed by atoms with Crippen LogP contribution in [0.5, 0.6) is 0 Å². The molecule has 0 bridgehead atoms. The Balaban J connectivity index is 2.60. The molecule has 1 rings (SSSR count). The summed E-state index contributed by atoms with van der Waals surface area (Å²) in [4.78, 5) is 34.5. The number of anilines is 1. The van der Waals surface area contributed by atoms with E-state index in [1.54, 1.807) is 24.3 Å². The first-order valence-electron chi connectivity index (χ1n) is 6.40. The fourth-order valence-electron chi connectivity index (χ4n) is 1.46. The number of urea groups is 1. The highest BCUT2D eigenvalue weighted by atomic mass is 16.4. The Bertz CT molecular complexity index is 528. The minimum atomic E-state index is -1.25. The standard InChI is InChI=1S/C14H19N3O4/c1-9(11(18)19)15-12(20)14(2,3)17-13(21)16-10-7-5-4-6-8-10/h4-9H,1-3H3,(H,15,20)(H,18,19)(H2,16,17,21)/t9-/m0/s1. The third-order valence-corrected chi connectivity index (χ3v) is 2.74. The van der Waals surface area contributed by atoms with E-state index in [-0.39, 0.29) is 0 Å². The van der Waals surface area contributed by atoms with E-state index in [1.807, 2.05) is 6.07 Å². The normalized spacial score (nSPS) is 12.1. The molecule has 0 saturated carbocycles. The summed E-state index contributed by atoms with van der Waals surface area (Å²) >= 11 is 0. The van der Waals surface area contributed by atoms with E-state index in [2.05, 4.69) is 16.0 Å².